The summed E-state index contributed by atoms with van der Waals surface area (Å²) in [5.41, 5.74) is -0.0508. The molecule has 36 heavy (non-hydrogen) atoms. The first-order valence-corrected chi connectivity index (χ1v) is 12.8. The van der Waals surface area contributed by atoms with Crippen LogP contribution in [0, 0.1) is 5.82 Å². The van der Waals surface area contributed by atoms with Crippen molar-refractivity contribution in [1.29, 1.82) is 0 Å². The lowest BCUT2D eigenvalue weighted by atomic mass is 9.96. The van der Waals surface area contributed by atoms with E-state index in [1.54, 1.807) is 17.0 Å². The van der Waals surface area contributed by atoms with E-state index < -0.39 is 5.60 Å². The molecule has 2 heterocycles. The van der Waals surface area contributed by atoms with E-state index in [1.807, 2.05) is 47.2 Å². The van der Waals surface area contributed by atoms with Crippen LogP contribution in [0.15, 0.2) is 54.6 Å². The largest absolute Gasteiger partial charge is 0.490 e. The van der Waals surface area contributed by atoms with Gasteiger partial charge in [0.25, 0.3) is 0 Å². The van der Waals surface area contributed by atoms with E-state index in [1.165, 1.54) is 12.1 Å². The lowest BCUT2D eigenvalue weighted by Gasteiger charge is -2.43. The van der Waals surface area contributed by atoms with E-state index in [4.69, 9.17) is 9.47 Å². The molecule has 2 amide bonds. The Kier molecular flexibility index (Phi) is 8.80. The average Bonchev–Trinajstić information content (AvgIpc) is 2.92. The van der Waals surface area contributed by atoms with Gasteiger partial charge in [0.1, 0.15) is 23.8 Å². The van der Waals surface area contributed by atoms with Gasteiger partial charge in [0, 0.05) is 45.3 Å². The van der Waals surface area contributed by atoms with Gasteiger partial charge in [-0.15, -0.1) is 0 Å². The summed E-state index contributed by atoms with van der Waals surface area (Å²) in [5.74, 6) is 0.471. The molecule has 2 aromatic rings. The first-order chi connectivity index (χ1) is 17.4. The Morgan fingerprint density at radius 3 is 2.42 bits per heavy atom. The smallest absolute Gasteiger partial charge is 0.225 e. The Morgan fingerprint density at radius 2 is 1.69 bits per heavy atom. The molecule has 0 aliphatic carbocycles. The molecular formula is C28H36FN3O4. The molecule has 2 aliphatic rings. The monoisotopic (exact) mass is 497 g/mol. The molecule has 0 aromatic heterocycles. The molecule has 2 aliphatic heterocycles. The van der Waals surface area contributed by atoms with Crippen LogP contribution in [0.1, 0.15) is 32.1 Å². The van der Waals surface area contributed by atoms with Crippen molar-refractivity contribution >= 4 is 17.5 Å². The van der Waals surface area contributed by atoms with Gasteiger partial charge in [-0.1, -0.05) is 18.2 Å². The number of likely N-dealkylation sites (tertiary alicyclic amines) is 1. The molecule has 0 spiro atoms. The minimum absolute atomic E-state index is 0.00164. The number of morpholine rings is 1. The quantitative estimate of drug-likeness (QED) is 0.528. The first-order valence-electron chi connectivity index (χ1n) is 12.8. The van der Waals surface area contributed by atoms with Crippen molar-refractivity contribution in [1.82, 2.24) is 9.80 Å². The standard InChI is InChI=1S/C28H36FN3O4/c1-30(24-12-10-23(29)11-13-24)17-14-26(33)32-18-19-36-28(21-32,22-35-25-8-4-2-5-9-25)20-27(34)31-15-6-3-7-16-31/h2,4-5,8-13H,3,6-7,14-22H2,1H3. The van der Waals surface area contributed by atoms with Gasteiger partial charge in [0.05, 0.1) is 19.6 Å². The first kappa shape index (κ1) is 25.9. The average molecular weight is 498 g/mol. The highest BCUT2D eigenvalue weighted by atomic mass is 19.1. The van der Waals surface area contributed by atoms with Gasteiger partial charge in [-0.2, -0.15) is 0 Å². The van der Waals surface area contributed by atoms with Gasteiger partial charge in [-0.25, -0.2) is 4.39 Å². The number of carbonyl (C=O) groups excluding carboxylic acids is 2. The minimum atomic E-state index is -0.902. The fourth-order valence-electron chi connectivity index (χ4n) is 4.81. The highest BCUT2D eigenvalue weighted by molar-refractivity contribution is 5.79. The Morgan fingerprint density at radius 1 is 0.972 bits per heavy atom. The summed E-state index contributed by atoms with van der Waals surface area (Å²) in [6.07, 6.45) is 3.68. The van der Waals surface area contributed by atoms with E-state index >= 15 is 0 Å². The van der Waals surface area contributed by atoms with Crippen molar-refractivity contribution in [2.75, 3.05) is 57.9 Å². The number of para-hydroxylation sites is 1. The highest BCUT2D eigenvalue weighted by Crippen LogP contribution is 2.27. The predicted octanol–water partition coefficient (Wildman–Crippen LogP) is 3.73. The Bertz CT molecular complexity index is 998. The summed E-state index contributed by atoms with van der Waals surface area (Å²) < 4.78 is 25.5. The fourth-order valence-corrected chi connectivity index (χ4v) is 4.81. The number of ether oxygens (including phenoxy) is 2. The van der Waals surface area contributed by atoms with Gasteiger partial charge in [-0.05, 0) is 55.7 Å². The van der Waals surface area contributed by atoms with E-state index in [2.05, 4.69) is 0 Å². The van der Waals surface area contributed by atoms with Crippen molar-refractivity contribution < 1.29 is 23.5 Å². The summed E-state index contributed by atoms with van der Waals surface area (Å²) in [6.45, 7) is 3.37. The minimum Gasteiger partial charge on any atom is -0.490 e. The molecule has 4 rings (SSSR count). The molecule has 0 bridgehead atoms. The lowest BCUT2D eigenvalue weighted by Crippen LogP contribution is -2.58. The van der Waals surface area contributed by atoms with Crippen LogP contribution in [0.5, 0.6) is 5.75 Å². The second kappa shape index (κ2) is 12.2. The summed E-state index contributed by atoms with van der Waals surface area (Å²) in [5, 5.41) is 0. The number of hydrogen-bond acceptors (Lipinski definition) is 5. The number of piperidine rings is 1. The number of amides is 2. The zero-order valence-electron chi connectivity index (χ0n) is 21.0. The summed E-state index contributed by atoms with van der Waals surface area (Å²) in [4.78, 5) is 32.0. The zero-order chi connectivity index (χ0) is 25.4. The zero-order valence-corrected chi connectivity index (χ0v) is 21.0. The van der Waals surface area contributed by atoms with Gasteiger partial charge in [0.15, 0.2) is 0 Å². The van der Waals surface area contributed by atoms with Crippen LogP contribution >= 0.6 is 0 Å². The molecule has 2 fully saturated rings. The van der Waals surface area contributed by atoms with Crippen molar-refractivity contribution in [2.45, 2.75) is 37.7 Å². The number of benzene rings is 2. The van der Waals surface area contributed by atoms with Crippen LogP contribution in [-0.2, 0) is 14.3 Å². The third-order valence-corrected chi connectivity index (χ3v) is 6.96. The van der Waals surface area contributed by atoms with Crippen molar-refractivity contribution in [3.8, 4) is 5.75 Å². The van der Waals surface area contributed by atoms with Crippen LogP contribution in [-0.4, -0.2) is 80.2 Å². The molecule has 2 aromatic carbocycles. The Hall–Kier alpha value is -3.13. The number of hydrogen-bond donors (Lipinski definition) is 0. The number of halogens is 1. The number of nitrogens with zero attached hydrogens (tertiary/aromatic N) is 3. The molecule has 2 saturated heterocycles. The summed E-state index contributed by atoms with van der Waals surface area (Å²) in [7, 11) is 1.88. The molecule has 0 N–H and O–H groups in total. The number of anilines is 1. The van der Waals surface area contributed by atoms with Crippen molar-refractivity contribution in [3.63, 3.8) is 0 Å². The van der Waals surface area contributed by atoms with Gasteiger partial charge in [0.2, 0.25) is 11.8 Å². The van der Waals surface area contributed by atoms with Crippen LogP contribution in [0.4, 0.5) is 10.1 Å². The molecule has 7 nitrogen and oxygen atoms in total. The van der Waals surface area contributed by atoms with Gasteiger partial charge >= 0.3 is 0 Å². The summed E-state index contributed by atoms with van der Waals surface area (Å²) in [6, 6.07) is 15.7. The SMILES string of the molecule is CN(CCC(=O)N1CCOC(COc2ccccc2)(CC(=O)N2CCCCC2)C1)c1ccc(F)cc1. The molecule has 0 saturated carbocycles. The third kappa shape index (κ3) is 6.97. The fraction of sp³-hybridized carbons (Fsp3) is 0.500. The number of carbonyl (C=O) groups is 2. The van der Waals surface area contributed by atoms with Crippen LogP contribution in [0.25, 0.3) is 0 Å². The topological polar surface area (TPSA) is 62.3 Å². The molecule has 194 valence electrons. The van der Waals surface area contributed by atoms with Gasteiger partial charge < -0.3 is 24.2 Å². The Balaban J connectivity index is 1.41. The van der Waals surface area contributed by atoms with Crippen LogP contribution in [0.2, 0.25) is 0 Å². The van der Waals surface area contributed by atoms with E-state index in [-0.39, 0.29) is 30.7 Å². The van der Waals surface area contributed by atoms with Crippen LogP contribution in [0.3, 0.4) is 0 Å². The van der Waals surface area contributed by atoms with Crippen LogP contribution < -0.4 is 9.64 Å². The highest BCUT2D eigenvalue weighted by Gasteiger charge is 2.42. The van der Waals surface area contributed by atoms with Crippen molar-refractivity contribution in [2.24, 2.45) is 0 Å². The van der Waals surface area contributed by atoms with E-state index in [0.717, 1.165) is 38.0 Å². The predicted molar refractivity (Wildman–Crippen MR) is 137 cm³/mol. The normalized spacial score (nSPS) is 20.2. The van der Waals surface area contributed by atoms with Gasteiger partial charge in [-0.3, -0.25) is 9.59 Å². The van der Waals surface area contributed by atoms with E-state index in [0.29, 0.717) is 38.4 Å². The molecule has 8 heteroatoms. The maximum atomic E-state index is 13.2. The second-order valence-electron chi connectivity index (χ2n) is 9.71. The maximum Gasteiger partial charge on any atom is 0.225 e. The molecule has 1 atom stereocenters. The Labute approximate surface area is 212 Å². The molecule has 0 radical (unpaired) electrons. The number of rotatable bonds is 9. The lowest BCUT2D eigenvalue weighted by molar-refractivity contribution is -0.166. The third-order valence-electron chi connectivity index (χ3n) is 6.96. The second-order valence-corrected chi connectivity index (χ2v) is 9.71. The maximum absolute atomic E-state index is 13.2. The van der Waals surface area contributed by atoms with Crippen molar-refractivity contribution in [3.05, 3.63) is 60.4 Å². The summed E-state index contributed by atoms with van der Waals surface area (Å²) >= 11 is 0. The molecule has 1 unspecified atom stereocenters. The van der Waals surface area contributed by atoms with E-state index in [9.17, 15) is 14.0 Å². The molecular weight excluding hydrogens is 461 g/mol.